The van der Waals surface area contributed by atoms with Crippen molar-refractivity contribution in [2.75, 3.05) is 19.6 Å². The van der Waals surface area contributed by atoms with Crippen molar-refractivity contribution in [1.29, 1.82) is 0 Å². The zero-order chi connectivity index (χ0) is 14.3. The van der Waals surface area contributed by atoms with Crippen LogP contribution in [0.2, 0.25) is 0 Å². The van der Waals surface area contributed by atoms with Crippen LogP contribution < -0.4 is 10.6 Å². The van der Waals surface area contributed by atoms with E-state index in [2.05, 4.69) is 24.5 Å². The van der Waals surface area contributed by atoms with Crippen molar-refractivity contribution in [3.8, 4) is 0 Å². The molecule has 19 heavy (non-hydrogen) atoms. The molecule has 104 valence electrons. The number of amides is 1. The van der Waals surface area contributed by atoms with Crippen LogP contribution in [0.25, 0.3) is 0 Å². The average Bonchev–Trinajstić information content (AvgIpc) is 2.37. The Morgan fingerprint density at radius 3 is 2.26 bits per heavy atom. The third-order valence-electron chi connectivity index (χ3n) is 2.86. The molecule has 1 amide bonds. The molecule has 0 bridgehead atoms. The summed E-state index contributed by atoms with van der Waals surface area (Å²) >= 11 is 0. The molecule has 1 aromatic carbocycles. The molecule has 0 radical (unpaired) electrons. The number of ketones is 1. The molecule has 0 fully saturated rings. The molecule has 0 atom stereocenters. The summed E-state index contributed by atoms with van der Waals surface area (Å²) in [6, 6.07) is 7.73. The average molecular weight is 262 g/mol. The van der Waals surface area contributed by atoms with Crippen molar-refractivity contribution in [1.82, 2.24) is 10.6 Å². The van der Waals surface area contributed by atoms with Gasteiger partial charge in [0.2, 0.25) is 5.91 Å². The predicted octanol–water partition coefficient (Wildman–Crippen LogP) is 1.72. The quantitative estimate of drug-likeness (QED) is 0.581. The summed E-state index contributed by atoms with van der Waals surface area (Å²) in [5.74, 6) is 0.482. The Bertz CT molecular complexity index is 424. The molecular formula is C15H22N2O2. The lowest BCUT2D eigenvalue weighted by Gasteiger charge is -2.07. The fraction of sp³-hybridized carbons (Fsp3) is 0.467. The maximum Gasteiger partial charge on any atom is 0.216 e. The van der Waals surface area contributed by atoms with E-state index in [-0.39, 0.29) is 11.7 Å². The van der Waals surface area contributed by atoms with E-state index in [0.717, 1.165) is 5.56 Å². The minimum Gasteiger partial charge on any atom is -0.355 e. The Kier molecular flexibility index (Phi) is 6.22. The van der Waals surface area contributed by atoms with Crippen LogP contribution in [-0.2, 0) is 4.79 Å². The fourth-order valence-corrected chi connectivity index (χ4v) is 1.68. The molecule has 0 spiro atoms. The van der Waals surface area contributed by atoms with Crippen molar-refractivity contribution in [3.05, 3.63) is 35.4 Å². The van der Waals surface area contributed by atoms with Gasteiger partial charge in [0.05, 0.1) is 6.54 Å². The molecule has 2 N–H and O–H groups in total. The van der Waals surface area contributed by atoms with Crippen LogP contribution in [0, 0.1) is 0 Å². The summed E-state index contributed by atoms with van der Waals surface area (Å²) in [6.45, 7) is 7.15. The van der Waals surface area contributed by atoms with Crippen molar-refractivity contribution in [3.63, 3.8) is 0 Å². The van der Waals surface area contributed by atoms with Crippen LogP contribution in [0.4, 0.5) is 0 Å². The lowest BCUT2D eigenvalue weighted by molar-refractivity contribution is -0.118. The third-order valence-corrected chi connectivity index (χ3v) is 2.86. The van der Waals surface area contributed by atoms with Gasteiger partial charge in [0, 0.05) is 25.6 Å². The summed E-state index contributed by atoms with van der Waals surface area (Å²) in [5.41, 5.74) is 1.95. The summed E-state index contributed by atoms with van der Waals surface area (Å²) in [4.78, 5) is 22.5. The summed E-state index contributed by atoms with van der Waals surface area (Å²) < 4.78 is 0. The van der Waals surface area contributed by atoms with Crippen LogP contribution in [0.1, 0.15) is 42.6 Å². The van der Waals surface area contributed by atoms with Crippen LogP contribution in [0.5, 0.6) is 0 Å². The number of carbonyl (C=O) groups is 2. The molecular weight excluding hydrogens is 240 g/mol. The highest BCUT2D eigenvalue weighted by molar-refractivity contribution is 5.97. The Balaban J connectivity index is 2.35. The van der Waals surface area contributed by atoms with Gasteiger partial charge in [0.25, 0.3) is 0 Å². The van der Waals surface area contributed by atoms with Crippen molar-refractivity contribution < 1.29 is 9.59 Å². The van der Waals surface area contributed by atoms with Gasteiger partial charge in [-0.1, -0.05) is 38.1 Å². The van der Waals surface area contributed by atoms with Crippen molar-refractivity contribution in [2.24, 2.45) is 0 Å². The van der Waals surface area contributed by atoms with E-state index in [1.165, 1.54) is 12.5 Å². The Hall–Kier alpha value is -1.68. The van der Waals surface area contributed by atoms with Gasteiger partial charge in [-0.2, -0.15) is 0 Å². The number of hydrogen-bond donors (Lipinski definition) is 2. The monoisotopic (exact) mass is 262 g/mol. The molecule has 0 aliphatic heterocycles. The zero-order valence-corrected chi connectivity index (χ0v) is 11.8. The van der Waals surface area contributed by atoms with E-state index in [9.17, 15) is 9.59 Å². The van der Waals surface area contributed by atoms with Crippen molar-refractivity contribution in [2.45, 2.75) is 26.7 Å². The minimum absolute atomic E-state index is 0.0580. The minimum atomic E-state index is -0.0580. The third kappa shape index (κ3) is 5.66. The zero-order valence-electron chi connectivity index (χ0n) is 11.8. The Labute approximate surface area is 114 Å². The highest BCUT2D eigenvalue weighted by atomic mass is 16.1. The Morgan fingerprint density at radius 1 is 1.11 bits per heavy atom. The maximum absolute atomic E-state index is 11.9. The SMILES string of the molecule is CC(=O)NCCNCC(=O)c1ccc(C(C)C)cc1. The van der Waals surface area contributed by atoms with Crippen LogP contribution in [-0.4, -0.2) is 31.3 Å². The van der Waals surface area contributed by atoms with Gasteiger partial charge < -0.3 is 10.6 Å². The summed E-state index contributed by atoms with van der Waals surface area (Å²) in [7, 11) is 0. The molecule has 0 saturated carbocycles. The lowest BCUT2D eigenvalue weighted by Crippen LogP contribution is -2.32. The first-order valence-corrected chi connectivity index (χ1v) is 6.59. The molecule has 1 aromatic rings. The second-order valence-electron chi connectivity index (χ2n) is 4.86. The van der Waals surface area contributed by atoms with Gasteiger partial charge in [0.1, 0.15) is 0 Å². The first kappa shape index (κ1) is 15.4. The number of benzene rings is 1. The lowest BCUT2D eigenvalue weighted by atomic mass is 10.0. The number of carbonyl (C=O) groups excluding carboxylic acids is 2. The van der Waals surface area contributed by atoms with Gasteiger partial charge in [0.15, 0.2) is 5.78 Å². The van der Waals surface area contributed by atoms with Crippen LogP contribution >= 0.6 is 0 Å². The normalized spacial score (nSPS) is 10.5. The van der Waals surface area contributed by atoms with E-state index in [1.54, 1.807) is 0 Å². The molecule has 4 heteroatoms. The van der Waals surface area contributed by atoms with Crippen LogP contribution in [0.15, 0.2) is 24.3 Å². The number of nitrogens with one attached hydrogen (secondary N) is 2. The number of Topliss-reactive ketones (excluding diaryl/α,β-unsaturated/α-hetero) is 1. The van der Waals surface area contributed by atoms with Gasteiger partial charge in [-0.15, -0.1) is 0 Å². The molecule has 0 aromatic heterocycles. The van der Waals surface area contributed by atoms with E-state index in [1.807, 2.05) is 24.3 Å². The largest absolute Gasteiger partial charge is 0.355 e. The molecule has 0 aliphatic rings. The van der Waals surface area contributed by atoms with Gasteiger partial charge >= 0.3 is 0 Å². The van der Waals surface area contributed by atoms with E-state index < -0.39 is 0 Å². The highest BCUT2D eigenvalue weighted by Gasteiger charge is 2.06. The predicted molar refractivity (Wildman–Crippen MR) is 76.4 cm³/mol. The summed E-state index contributed by atoms with van der Waals surface area (Å²) in [6.07, 6.45) is 0. The maximum atomic E-state index is 11.9. The number of rotatable bonds is 7. The first-order valence-electron chi connectivity index (χ1n) is 6.59. The molecule has 1 rings (SSSR count). The first-order chi connectivity index (χ1) is 9.00. The molecule has 0 aliphatic carbocycles. The van der Waals surface area contributed by atoms with Gasteiger partial charge in [-0.05, 0) is 11.5 Å². The second-order valence-corrected chi connectivity index (χ2v) is 4.86. The fourth-order valence-electron chi connectivity index (χ4n) is 1.68. The van der Waals surface area contributed by atoms with Crippen LogP contribution in [0.3, 0.4) is 0 Å². The smallest absolute Gasteiger partial charge is 0.216 e. The Morgan fingerprint density at radius 2 is 1.74 bits per heavy atom. The highest BCUT2D eigenvalue weighted by Crippen LogP contribution is 2.14. The number of hydrogen-bond acceptors (Lipinski definition) is 3. The molecule has 0 heterocycles. The van der Waals surface area contributed by atoms with E-state index >= 15 is 0 Å². The molecule has 0 unspecified atom stereocenters. The molecule has 4 nitrogen and oxygen atoms in total. The van der Waals surface area contributed by atoms with E-state index in [4.69, 9.17) is 0 Å². The summed E-state index contributed by atoms with van der Waals surface area (Å²) in [5, 5.41) is 5.68. The van der Waals surface area contributed by atoms with E-state index in [0.29, 0.717) is 25.6 Å². The standard InChI is InChI=1S/C15H22N2O2/c1-11(2)13-4-6-14(7-5-13)15(19)10-16-8-9-17-12(3)18/h4-7,11,16H,8-10H2,1-3H3,(H,17,18). The second kappa shape index (κ2) is 7.69. The van der Waals surface area contributed by atoms with Crippen molar-refractivity contribution >= 4 is 11.7 Å². The topological polar surface area (TPSA) is 58.2 Å². The van der Waals surface area contributed by atoms with Gasteiger partial charge in [-0.25, -0.2) is 0 Å². The molecule has 0 saturated heterocycles. The van der Waals surface area contributed by atoms with Gasteiger partial charge in [-0.3, -0.25) is 9.59 Å².